The van der Waals surface area contributed by atoms with E-state index in [0.29, 0.717) is 53.8 Å². The van der Waals surface area contributed by atoms with Crippen LogP contribution in [0.5, 0.6) is 5.75 Å². The first-order chi connectivity index (χ1) is 18.4. The zero-order chi connectivity index (χ0) is 27.1. The van der Waals surface area contributed by atoms with Gasteiger partial charge in [-0.1, -0.05) is 58.4 Å². The first kappa shape index (κ1) is 27.4. The maximum absolute atomic E-state index is 12.7. The van der Waals surface area contributed by atoms with Crippen LogP contribution in [0.3, 0.4) is 0 Å². The number of carbonyl (C=O) groups is 1. The number of aromatic nitrogens is 1. The van der Waals surface area contributed by atoms with Crippen molar-refractivity contribution in [2.75, 3.05) is 20.3 Å². The molecular weight excluding hydrogens is 528 g/mol. The highest BCUT2D eigenvalue weighted by Gasteiger charge is 2.20. The lowest BCUT2D eigenvalue weighted by Crippen LogP contribution is -2.28. The Hall–Kier alpha value is -3.66. The normalized spacial score (nSPS) is 12.4. The minimum Gasteiger partial charge on any atom is -0.492 e. The summed E-state index contributed by atoms with van der Waals surface area (Å²) in [6.07, 6.45) is -0.250. The fraction of sp³-hybridized carbons (Fsp3) is 0.250. The third-order valence-corrected chi connectivity index (χ3v) is 7.08. The van der Waals surface area contributed by atoms with Crippen LogP contribution in [0, 0.1) is 0 Å². The third kappa shape index (κ3) is 6.42. The predicted octanol–water partition coefficient (Wildman–Crippen LogP) is 5.14. The van der Waals surface area contributed by atoms with E-state index >= 15 is 0 Å². The molecule has 1 N–H and O–H groups in total. The van der Waals surface area contributed by atoms with Gasteiger partial charge in [-0.05, 0) is 48.9 Å². The van der Waals surface area contributed by atoms with Crippen molar-refractivity contribution in [3.8, 4) is 5.75 Å². The topological polar surface area (TPSA) is 99.4 Å². The minimum absolute atomic E-state index is 0.105. The van der Waals surface area contributed by atoms with Gasteiger partial charge in [-0.2, -0.15) is 0 Å². The predicted molar refractivity (Wildman–Crippen MR) is 148 cm³/mol. The number of benzene rings is 3. The zero-order valence-corrected chi connectivity index (χ0v) is 22.5. The molecule has 4 rings (SSSR count). The van der Waals surface area contributed by atoms with Crippen molar-refractivity contribution >= 4 is 44.8 Å². The molecule has 0 aliphatic rings. The summed E-state index contributed by atoms with van der Waals surface area (Å²) in [7, 11) is 1.34. The van der Waals surface area contributed by atoms with Gasteiger partial charge in [0.25, 0.3) is 0 Å². The fourth-order valence-electron chi connectivity index (χ4n) is 4.08. The molecule has 8 nitrogen and oxygen atoms in total. The lowest BCUT2D eigenvalue weighted by atomic mass is 10.0. The number of ether oxygens (including phenoxy) is 3. The van der Waals surface area contributed by atoms with Gasteiger partial charge in [-0.25, -0.2) is 4.79 Å². The monoisotopic (exact) mass is 554 g/mol. The molecule has 3 aromatic carbocycles. The lowest BCUT2D eigenvalue weighted by Gasteiger charge is -2.15. The second-order valence-corrected chi connectivity index (χ2v) is 9.75. The summed E-state index contributed by atoms with van der Waals surface area (Å²) < 4.78 is 18.6. The molecule has 0 bridgehead atoms. The Kier molecular flexibility index (Phi) is 9.17. The largest absolute Gasteiger partial charge is 0.492 e. The number of methoxy groups -OCH3 is 1. The van der Waals surface area contributed by atoms with E-state index in [4.69, 9.17) is 25.8 Å². The highest BCUT2D eigenvalue weighted by molar-refractivity contribution is 7.16. The molecule has 0 spiro atoms. The van der Waals surface area contributed by atoms with Crippen molar-refractivity contribution in [2.45, 2.75) is 26.0 Å². The van der Waals surface area contributed by atoms with Gasteiger partial charge in [0, 0.05) is 29.2 Å². The Labute approximate surface area is 228 Å². The first-order valence-corrected chi connectivity index (χ1v) is 13.2. The quantitative estimate of drug-likeness (QED) is 0.119. The summed E-state index contributed by atoms with van der Waals surface area (Å²) >= 11 is 7.21. The van der Waals surface area contributed by atoms with E-state index in [1.807, 2.05) is 49.4 Å². The van der Waals surface area contributed by atoms with Crippen LogP contribution < -0.4 is 9.61 Å². The number of nitrogens with zero attached hydrogens (tertiary/aromatic N) is 2. The van der Waals surface area contributed by atoms with Gasteiger partial charge in [0.2, 0.25) is 0 Å². The van der Waals surface area contributed by atoms with Crippen molar-refractivity contribution in [3.05, 3.63) is 98.1 Å². The number of halogens is 1. The van der Waals surface area contributed by atoms with Gasteiger partial charge in [0.15, 0.2) is 6.10 Å². The molecule has 0 radical (unpaired) electrons. The number of hydrogen-bond donors (Lipinski definition) is 1. The summed E-state index contributed by atoms with van der Waals surface area (Å²) in [5.74, 6) is 0.247. The molecule has 10 heteroatoms. The van der Waals surface area contributed by atoms with Gasteiger partial charge < -0.3 is 19.4 Å². The Balaban J connectivity index is 1.42. The average Bonchev–Trinajstić information content (AvgIpc) is 3.23. The van der Waals surface area contributed by atoms with Gasteiger partial charge in [-0.3, -0.25) is 9.36 Å². The molecule has 1 heterocycles. The van der Waals surface area contributed by atoms with E-state index in [9.17, 15) is 14.8 Å². The average molecular weight is 555 g/mol. The van der Waals surface area contributed by atoms with Crippen LogP contribution in [0.2, 0.25) is 5.02 Å². The van der Waals surface area contributed by atoms with Crippen molar-refractivity contribution in [2.24, 2.45) is 5.16 Å². The van der Waals surface area contributed by atoms with E-state index in [1.165, 1.54) is 7.11 Å². The second-order valence-electron chi connectivity index (χ2n) is 8.32. The maximum Gasteiger partial charge on any atom is 0.335 e. The zero-order valence-electron chi connectivity index (χ0n) is 20.9. The molecule has 0 saturated heterocycles. The Morgan fingerprint density at radius 1 is 1.11 bits per heavy atom. The van der Waals surface area contributed by atoms with Crippen LogP contribution in [0.1, 0.15) is 23.6 Å². The number of esters is 1. The van der Waals surface area contributed by atoms with Crippen molar-refractivity contribution in [1.29, 1.82) is 0 Å². The van der Waals surface area contributed by atoms with Crippen LogP contribution in [0.15, 0.2) is 76.7 Å². The maximum atomic E-state index is 12.7. The highest BCUT2D eigenvalue weighted by Crippen LogP contribution is 2.23. The van der Waals surface area contributed by atoms with Crippen LogP contribution in [-0.4, -0.2) is 47.9 Å². The number of thiazole rings is 1. The van der Waals surface area contributed by atoms with Crippen LogP contribution in [0.25, 0.3) is 10.2 Å². The molecule has 1 aromatic heterocycles. The third-order valence-electron chi connectivity index (χ3n) is 5.90. The number of fused-ring (bicyclic) bond motifs is 1. The Bertz CT molecular complexity index is 1500. The van der Waals surface area contributed by atoms with Crippen molar-refractivity contribution in [3.63, 3.8) is 0 Å². The number of oxime groups is 1. The molecule has 1 unspecified atom stereocenters. The van der Waals surface area contributed by atoms with Crippen LogP contribution in [-0.2, 0) is 27.2 Å². The fourth-order valence-corrected chi connectivity index (χ4v) is 5.22. The second kappa shape index (κ2) is 12.7. The van der Waals surface area contributed by atoms with Gasteiger partial charge in [0.1, 0.15) is 18.1 Å². The number of carbonyl (C=O) groups excluding carboxylic acids is 1. The standard InChI is InChI=1S/C28H27ClN2O6S/c1-3-36-24(27(32)35-2)15-18-7-10-22(11-8-18)37-14-13-31-23-12-9-20(17-25(23)38-28(31)33)26(30-34)19-5-4-6-21(29)16-19/h4-12,16-17,24,34H,3,13-15H2,1-2H3/b30-26+. The van der Waals surface area contributed by atoms with E-state index in [0.717, 1.165) is 27.1 Å². The molecule has 0 amide bonds. The van der Waals surface area contributed by atoms with Crippen molar-refractivity contribution < 1.29 is 24.2 Å². The molecule has 0 saturated carbocycles. The van der Waals surface area contributed by atoms with Crippen molar-refractivity contribution in [1.82, 2.24) is 4.57 Å². The molecule has 1 atom stereocenters. The lowest BCUT2D eigenvalue weighted by molar-refractivity contribution is -0.153. The van der Waals surface area contributed by atoms with E-state index in [2.05, 4.69) is 5.16 Å². The van der Waals surface area contributed by atoms with Gasteiger partial charge >= 0.3 is 10.8 Å². The van der Waals surface area contributed by atoms with Gasteiger partial charge in [0.05, 0.1) is 23.9 Å². The van der Waals surface area contributed by atoms with Crippen LogP contribution in [0.4, 0.5) is 0 Å². The number of hydrogen-bond acceptors (Lipinski definition) is 8. The Morgan fingerprint density at radius 3 is 2.55 bits per heavy atom. The molecule has 4 aromatic rings. The Morgan fingerprint density at radius 2 is 1.87 bits per heavy atom. The van der Waals surface area contributed by atoms with Crippen LogP contribution >= 0.6 is 22.9 Å². The molecular formula is C28H27ClN2O6S. The highest BCUT2D eigenvalue weighted by atomic mass is 35.5. The summed E-state index contributed by atoms with van der Waals surface area (Å²) in [6.45, 7) is 2.90. The molecule has 38 heavy (non-hydrogen) atoms. The van der Waals surface area contributed by atoms with E-state index in [-0.39, 0.29) is 4.87 Å². The molecule has 198 valence electrons. The SMILES string of the molecule is CCOC(Cc1ccc(OCCn2c(=O)sc3cc(/C(=N/O)c4cccc(Cl)c4)ccc32)cc1)C(=O)OC. The molecule has 0 fully saturated rings. The summed E-state index contributed by atoms with van der Waals surface area (Å²) in [5.41, 5.74) is 3.40. The van der Waals surface area contributed by atoms with Gasteiger partial charge in [-0.15, -0.1) is 0 Å². The minimum atomic E-state index is -0.652. The summed E-state index contributed by atoms with van der Waals surface area (Å²) in [5, 5.41) is 13.6. The summed E-state index contributed by atoms with van der Waals surface area (Å²) in [4.78, 5) is 24.5. The molecule has 0 aliphatic heterocycles. The molecule has 0 aliphatic carbocycles. The smallest absolute Gasteiger partial charge is 0.335 e. The summed E-state index contributed by atoms with van der Waals surface area (Å²) in [6, 6.07) is 19.9. The first-order valence-electron chi connectivity index (χ1n) is 12.0. The number of rotatable bonds is 11. The van der Waals surface area contributed by atoms with E-state index in [1.54, 1.807) is 28.8 Å². The van der Waals surface area contributed by atoms with E-state index < -0.39 is 12.1 Å².